The van der Waals surface area contributed by atoms with Gasteiger partial charge in [-0.2, -0.15) is 0 Å². The van der Waals surface area contributed by atoms with Crippen LogP contribution in [0.5, 0.6) is 0 Å². The Bertz CT molecular complexity index is 900. The van der Waals surface area contributed by atoms with Crippen molar-refractivity contribution in [2.45, 2.75) is 39.7 Å². The molecule has 1 unspecified atom stereocenters. The molecule has 1 amide bonds. The highest BCUT2D eigenvalue weighted by atomic mass is 32.1. The molecule has 1 heterocycles. The van der Waals surface area contributed by atoms with Gasteiger partial charge in [-0.15, -0.1) is 0 Å². The van der Waals surface area contributed by atoms with Crippen molar-refractivity contribution in [3.8, 4) is 0 Å². The van der Waals surface area contributed by atoms with Crippen LogP contribution in [0.4, 0.5) is 5.69 Å². The molecule has 27 heavy (non-hydrogen) atoms. The van der Waals surface area contributed by atoms with E-state index < -0.39 is 0 Å². The van der Waals surface area contributed by atoms with Crippen LogP contribution in [0.25, 0.3) is 0 Å². The van der Waals surface area contributed by atoms with Crippen LogP contribution < -0.4 is 16.0 Å². The van der Waals surface area contributed by atoms with Gasteiger partial charge in [0.15, 0.2) is 5.11 Å². The Labute approximate surface area is 166 Å². The maximum atomic E-state index is 13.1. The van der Waals surface area contributed by atoms with Crippen molar-refractivity contribution in [1.82, 2.24) is 10.6 Å². The van der Waals surface area contributed by atoms with E-state index in [4.69, 9.17) is 12.2 Å². The number of para-hydroxylation sites is 1. The minimum Gasteiger partial charge on any atom is -0.351 e. The van der Waals surface area contributed by atoms with Crippen LogP contribution in [0.2, 0.25) is 0 Å². The number of aryl methyl sites for hydroxylation is 1. The van der Waals surface area contributed by atoms with Crippen LogP contribution in [-0.2, 0) is 4.79 Å². The third-order valence-corrected chi connectivity index (χ3v) is 5.06. The molecule has 0 spiro atoms. The number of nitrogens with one attached hydrogen (secondary N) is 3. The molecule has 0 fully saturated rings. The van der Waals surface area contributed by atoms with E-state index in [1.165, 1.54) is 5.56 Å². The Kier molecular flexibility index (Phi) is 5.61. The van der Waals surface area contributed by atoms with Gasteiger partial charge in [0.2, 0.25) is 0 Å². The normalized spacial score (nSPS) is 16.8. The number of carbonyl (C=O) groups excluding carboxylic acids is 1. The first-order valence-electron chi connectivity index (χ1n) is 9.12. The van der Waals surface area contributed by atoms with Gasteiger partial charge in [-0.1, -0.05) is 56.3 Å². The lowest BCUT2D eigenvalue weighted by Crippen LogP contribution is -2.45. The van der Waals surface area contributed by atoms with Crippen LogP contribution in [-0.4, -0.2) is 11.0 Å². The Morgan fingerprint density at radius 2 is 1.74 bits per heavy atom. The second kappa shape index (κ2) is 7.92. The van der Waals surface area contributed by atoms with E-state index in [9.17, 15) is 4.79 Å². The summed E-state index contributed by atoms with van der Waals surface area (Å²) in [6, 6.07) is 15.8. The lowest BCUT2D eigenvalue weighted by atomic mass is 9.92. The molecule has 3 rings (SSSR count). The molecule has 2 aromatic rings. The molecule has 1 aliphatic heterocycles. The summed E-state index contributed by atoms with van der Waals surface area (Å²) in [4.78, 5) is 13.1. The third-order valence-electron chi connectivity index (χ3n) is 4.84. The van der Waals surface area contributed by atoms with Crippen LogP contribution >= 0.6 is 12.2 Å². The zero-order valence-corrected chi connectivity index (χ0v) is 16.9. The zero-order valence-electron chi connectivity index (χ0n) is 16.1. The maximum absolute atomic E-state index is 13.1. The van der Waals surface area contributed by atoms with E-state index in [1.54, 1.807) is 0 Å². The van der Waals surface area contributed by atoms with Crippen molar-refractivity contribution >= 4 is 28.9 Å². The van der Waals surface area contributed by atoms with Gasteiger partial charge in [0.1, 0.15) is 0 Å². The highest BCUT2D eigenvalue weighted by molar-refractivity contribution is 7.80. The predicted octanol–water partition coefficient (Wildman–Crippen LogP) is 4.55. The van der Waals surface area contributed by atoms with Gasteiger partial charge in [0.25, 0.3) is 5.91 Å². The first kappa shape index (κ1) is 19.1. The molecule has 0 bridgehead atoms. The van der Waals surface area contributed by atoms with Crippen molar-refractivity contribution in [2.24, 2.45) is 0 Å². The molecular formula is C22H25N3OS. The van der Waals surface area contributed by atoms with Crippen LogP contribution in [0.3, 0.4) is 0 Å². The molecule has 0 saturated heterocycles. The molecule has 1 atom stereocenters. The molecule has 3 N–H and O–H groups in total. The van der Waals surface area contributed by atoms with Gasteiger partial charge in [-0.25, -0.2) is 0 Å². The molecule has 1 aliphatic rings. The van der Waals surface area contributed by atoms with Crippen molar-refractivity contribution in [3.05, 3.63) is 76.5 Å². The molecular weight excluding hydrogens is 354 g/mol. The van der Waals surface area contributed by atoms with Gasteiger partial charge >= 0.3 is 0 Å². The number of carbonyl (C=O) groups is 1. The SMILES string of the molecule is CC1=C(C(=O)Nc2ccccc2C)C(c2ccc(C(C)C)cc2)NC(=S)N1. The molecule has 0 aliphatic carbocycles. The topological polar surface area (TPSA) is 53.2 Å². The van der Waals surface area contributed by atoms with E-state index in [1.807, 2.05) is 38.1 Å². The minimum absolute atomic E-state index is 0.137. The molecule has 140 valence electrons. The van der Waals surface area contributed by atoms with E-state index >= 15 is 0 Å². The van der Waals surface area contributed by atoms with Crippen LogP contribution in [0, 0.1) is 6.92 Å². The Morgan fingerprint density at radius 3 is 2.37 bits per heavy atom. The van der Waals surface area contributed by atoms with Gasteiger partial charge in [-0.3, -0.25) is 4.79 Å². The van der Waals surface area contributed by atoms with E-state index in [0.717, 1.165) is 22.5 Å². The van der Waals surface area contributed by atoms with E-state index in [-0.39, 0.29) is 11.9 Å². The lowest BCUT2D eigenvalue weighted by molar-refractivity contribution is -0.113. The number of anilines is 1. The number of thiocarbonyl (C=S) groups is 1. The number of hydrogen-bond donors (Lipinski definition) is 3. The van der Waals surface area contributed by atoms with E-state index in [0.29, 0.717) is 16.6 Å². The van der Waals surface area contributed by atoms with Crippen molar-refractivity contribution in [2.75, 3.05) is 5.32 Å². The van der Waals surface area contributed by atoms with Gasteiger partial charge < -0.3 is 16.0 Å². The monoisotopic (exact) mass is 379 g/mol. The predicted molar refractivity (Wildman–Crippen MR) is 115 cm³/mol. The Hall–Kier alpha value is -2.66. The summed E-state index contributed by atoms with van der Waals surface area (Å²) in [6.07, 6.45) is 0. The zero-order chi connectivity index (χ0) is 19.6. The molecule has 0 saturated carbocycles. The van der Waals surface area contributed by atoms with Gasteiger partial charge in [0.05, 0.1) is 11.6 Å². The Balaban J connectivity index is 1.94. The summed E-state index contributed by atoms with van der Waals surface area (Å²) in [5.74, 6) is 0.324. The maximum Gasteiger partial charge on any atom is 0.255 e. The third kappa shape index (κ3) is 4.19. The standard InChI is InChI=1S/C22H25N3OS/c1-13(2)16-9-11-17(12-10-16)20-19(15(4)23-22(27)25-20)21(26)24-18-8-6-5-7-14(18)3/h5-13,20H,1-4H3,(H,24,26)(H2,23,25,27). The minimum atomic E-state index is -0.288. The molecule has 0 aromatic heterocycles. The first-order chi connectivity index (χ1) is 12.9. The number of rotatable bonds is 4. The summed E-state index contributed by atoms with van der Waals surface area (Å²) >= 11 is 5.33. The average molecular weight is 380 g/mol. The Morgan fingerprint density at radius 1 is 1.07 bits per heavy atom. The molecule has 5 heteroatoms. The highest BCUT2D eigenvalue weighted by Crippen LogP contribution is 2.29. The van der Waals surface area contributed by atoms with Crippen molar-refractivity contribution < 1.29 is 4.79 Å². The highest BCUT2D eigenvalue weighted by Gasteiger charge is 2.30. The molecule has 2 aromatic carbocycles. The lowest BCUT2D eigenvalue weighted by Gasteiger charge is -2.30. The molecule has 4 nitrogen and oxygen atoms in total. The smallest absolute Gasteiger partial charge is 0.255 e. The fraction of sp³-hybridized carbons (Fsp3) is 0.273. The number of allylic oxidation sites excluding steroid dienone is 1. The second-order valence-corrected chi connectivity index (χ2v) is 7.57. The van der Waals surface area contributed by atoms with Gasteiger partial charge in [-0.05, 0) is 54.7 Å². The number of hydrogen-bond acceptors (Lipinski definition) is 2. The first-order valence-corrected chi connectivity index (χ1v) is 9.52. The molecule has 0 radical (unpaired) electrons. The summed E-state index contributed by atoms with van der Waals surface area (Å²) < 4.78 is 0. The fourth-order valence-electron chi connectivity index (χ4n) is 3.22. The van der Waals surface area contributed by atoms with Crippen molar-refractivity contribution in [3.63, 3.8) is 0 Å². The van der Waals surface area contributed by atoms with E-state index in [2.05, 4.69) is 54.1 Å². The number of benzene rings is 2. The average Bonchev–Trinajstić information content (AvgIpc) is 2.63. The quantitative estimate of drug-likeness (QED) is 0.682. The second-order valence-electron chi connectivity index (χ2n) is 7.16. The largest absolute Gasteiger partial charge is 0.351 e. The summed E-state index contributed by atoms with van der Waals surface area (Å²) in [5, 5.41) is 9.88. The van der Waals surface area contributed by atoms with Crippen LogP contribution in [0.15, 0.2) is 59.8 Å². The number of amides is 1. The van der Waals surface area contributed by atoms with Crippen molar-refractivity contribution in [1.29, 1.82) is 0 Å². The summed E-state index contributed by atoms with van der Waals surface area (Å²) in [7, 11) is 0. The van der Waals surface area contributed by atoms with Crippen LogP contribution in [0.1, 0.15) is 49.4 Å². The fourth-order valence-corrected chi connectivity index (χ4v) is 3.49. The summed E-state index contributed by atoms with van der Waals surface area (Å²) in [5.41, 5.74) is 5.52. The van der Waals surface area contributed by atoms with Gasteiger partial charge in [0, 0.05) is 11.4 Å². The summed E-state index contributed by atoms with van der Waals surface area (Å²) in [6.45, 7) is 8.19.